The standard InChI is InChI=1S/C18H17F3O2/c1-12(22)10-17(13-6-8-16(23-2)9-7-13)14-4-3-5-15(11-14)18(19,20)21/h3-9,11,17H,10H2,1-2H3. The van der Waals surface area contributed by atoms with Crippen molar-refractivity contribution in [2.75, 3.05) is 7.11 Å². The minimum Gasteiger partial charge on any atom is -0.497 e. The van der Waals surface area contributed by atoms with E-state index < -0.39 is 17.7 Å². The van der Waals surface area contributed by atoms with Crippen molar-refractivity contribution in [3.63, 3.8) is 0 Å². The first-order valence-corrected chi connectivity index (χ1v) is 7.12. The maximum atomic E-state index is 12.9. The van der Waals surface area contributed by atoms with Crippen LogP contribution in [0.4, 0.5) is 13.2 Å². The Bertz CT molecular complexity index is 675. The second kappa shape index (κ2) is 6.86. The number of Topliss-reactive ketones (excluding diaryl/α,β-unsaturated/α-hetero) is 1. The summed E-state index contributed by atoms with van der Waals surface area (Å²) in [6, 6.07) is 12.1. The lowest BCUT2D eigenvalue weighted by molar-refractivity contribution is -0.137. The number of ketones is 1. The third kappa shape index (κ3) is 4.34. The van der Waals surface area contributed by atoms with Crippen molar-refractivity contribution in [2.24, 2.45) is 0 Å². The summed E-state index contributed by atoms with van der Waals surface area (Å²) in [5.41, 5.74) is 0.539. The molecule has 1 unspecified atom stereocenters. The average molecular weight is 322 g/mol. The third-order valence-corrected chi connectivity index (χ3v) is 3.63. The summed E-state index contributed by atoms with van der Waals surface area (Å²) >= 11 is 0. The van der Waals surface area contributed by atoms with Crippen molar-refractivity contribution in [1.29, 1.82) is 0 Å². The predicted molar refractivity (Wildman–Crippen MR) is 81.6 cm³/mol. The van der Waals surface area contributed by atoms with Crippen LogP contribution in [-0.4, -0.2) is 12.9 Å². The molecule has 0 aliphatic carbocycles. The van der Waals surface area contributed by atoms with E-state index in [0.29, 0.717) is 11.3 Å². The highest BCUT2D eigenvalue weighted by Gasteiger charge is 2.31. The molecule has 0 aromatic heterocycles. The van der Waals surface area contributed by atoms with Gasteiger partial charge in [0.15, 0.2) is 0 Å². The maximum Gasteiger partial charge on any atom is 0.416 e. The molecule has 0 N–H and O–H groups in total. The van der Waals surface area contributed by atoms with Crippen LogP contribution in [0.5, 0.6) is 5.75 Å². The summed E-state index contributed by atoms with van der Waals surface area (Å²) in [6.07, 6.45) is -4.26. The quantitative estimate of drug-likeness (QED) is 0.788. The molecule has 0 spiro atoms. The van der Waals surface area contributed by atoms with Gasteiger partial charge in [0.25, 0.3) is 0 Å². The lowest BCUT2D eigenvalue weighted by atomic mass is 9.86. The third-order valence-electron chi connectivity index (χ3n) is 3.63. The average Bonchev–Trinajstić information content (AvgIpc) is 2.52. The number of ether oxygens (including phenoxy) is 1. The first-order valence-electron chi connectivity index (χ1n) is 7.12. The van der Waals surface area contributed by atoms with Crippen LogP contribution in [0.25, 0.3) is 0 Å². The van der Waals surface area contributed by atoms with Crippen molar-refractivity contribution < 1.29 is 22.7 Å². The molecule has 2 aromatic rings. The van der Waals surface area contributed by atoms with Crippen LogP contribution in [0, 0.1) is 0 Å². The zero-order valence-corrected chi connectivity index (χ0v) is 12.9. The van der Waals surface area contributed by atoms with Gasteiger partial charge in [-0.25, -0.2) is 0 Å². The van der Waals surface area contributed by atoms with Crippen LogP contribution in [0.1, 0.15) is 36.0 Å². The van der Waals surface area contributed by atoms with Crippen molar-refractivity contribution >= 4 is 5.78 Å². The topological polar surface area (TPSA) is 26.3 Å². The number of alkyl halides is 3. The smallest absolute Gasteiger partial charge is 0.416 e. The molecule has 0 bridgehead atoms. The molecule has 0 heterocycles. The van der Waals surface area contributed by atoms with Gasteiger partial charge < -0.3 is 4.74 Å². The van der Waals surface area contributed by atoms with Gasteiger partial charge in [0.05, 0.1) is 12.7 Å². The van der Waals surface area contributed by atoms with E-state index in [1.807, 2.05) is 0 Å². The highest BCUT2D eigenvalue weighted by atomic mass is 19.4. The van der Waals surface area contributed by atoms with E-state index in [4.69, 9.17) is 4.74 Å². The summed E-state index contributed by atoms with van der Waals surface area (Å²) in [6.45, 7) is 1.43. The molecule has 0 saturated heterocycles. The SMILES string of the molecule is COc1ccc(C(CC(C)=O)c2cccc(C(F)(F)F)c2)cc1. The summed E-state index contributed by atoms with van der Waals surface area (Å²) in [4.78, 5) is 11.6. The Morgan fingerprint density at radius 2 is 1.74 bits per heavy atom. The summed E-state index contributed by atoms with van der Waals surface area (Å²) in [7, 11) is 1.54. The van der Waals surface area contributed by atoms with E-state index in [1.54, 1.807) is 30.3 Å². The minimum absolute atomic E-state index is 0.0803. The number of hydrogen-bond donors (Lipinski definition) is 0. The van der Waals surface area contributed by atoms with E-state index in [-0.39, 0.29) is 12.2 Å². The summed E-state index contributed by atoms with van der Waals surface area (Å²) < 4.78 is 43.8. The molecule has 2 nitrogen and oxygen atoms in total. The van der Waals surface area contributed by atoms with E-state index in [9.17, 15) is 18.0 Å². The Labute approximate surface area is 132 Å². The fourth-order valence-electron chi connectivity index (χ4n) is 2.48. The van der Waals surface area contributed by atoms with Gasteiger partial charge in [0.2, 0.25) is 0 Å². The van der Waals surface area contributed by atoms with Crippen LogP contribution >= 0.6 is 0 Å². The molecule has 1 atom stereocenters. The Balaban J connectivity index is 2.44. The second-order valence-corrected chi connectivity index (χ2v) is 5.36. The van der Waals surface area contributed by atoms with Gasteiger partial charge in [0.1, 0.15) is 11.5 Å². The van der Waals surface area contributed by atoms with Crippen LogP contribution in [0.15, 0.2) is 48.5 Å². The largest absolute Gasteiger partial charge is 0.497 e. The highest BCUT2D eigenvalue weighted by molar-refractivity contribution is 5.77. The lowest BCUT2D eigenvalue weighted by Crippen LogP contribution is -2.10. The highest BCUT2D eigenvalue weighted by Crippen LogP contribution is 2.34. The Kier molecular flexibility index (Phi) is 5.08. The molecule has 5 heteroatoms. The Morgan fingerprint density at radius 3 is 2.26 bits per heavy atom. The summed E-state index contributed by atoms with van der Waals surface area (Å²) in [5.74, 6) is 0.156. The second-order valence-electron chi connectivity index (χ2n) is 5.36. The van der Waals surface area contributed by atoms with Crippen molar-refractivity contribution in [1.82, 2.24) is 0 Å². The van der Waals surface area contributed by atoms with Crippen molar-refractivity contribution in [3.8, 4) is 5.75 Å². The van der Waals surface area contributed by atoms with Crippen LogP contribution in [0.2, 0.25) is 0 Å². The van der Waals surface area contributed by atoms with Crippen molar-refractivity contribution in [3.05, 3.63) is 65.2 Å². The van der Waals surface area contributed by atoms with Crippen LogP contribution in [-0.2, 0) is 11.0 Å². The van der Waals surface area contributed by atoms with E-state index in [1.165, 1.54) is 20.1 Å². The molecule has 0 fully saturated rings. The number of hydrogen-bond acceptors (Lipinski definition) is 2. The molecular weight excluding hydrogens is 305 g/mol. The van der Waals surface area contributed by atoms with Gasteiger partial charge >= 0.3 is 6.18 Å². The molecule has 0 radical (unpaired) electrons. The fraction of sp³-hybridized carbons (Fsp3) is 0.278. The molecule has 0 aliphatic rings. The molecule has 0 amide bonds. The Hall–Kier alpha value is -2.30. The Morgan fingerprint density at radius 1 is 1.09 bits per heavy atom. The van der Waals surface area contributed by atoms with Gasteiger partial charge in [-0.05, 0) is 36.2 Å². The maximum absolute atomic E-state index is 12.9. The predicted octanol–water partition coefficient (Wildman–Crippen LogP) is 4.83. The first kappa shape index (κ1) is 17.1. The molecule has 2 rings (SSSR count). The van der Waals surface area contributed by atoms with Gasteiger partial charge in [-0.3, -0.25) is 4.79 Å². The van der Waals surface area contributed by atoms with Gasteiger partial charge in [-0.2, -0.15) is 13.2 Å². The molecule has 23 heavy (non-hydrogen) atoms. The molecule has 0 saturated carbocycles. The van der Waals surface area contributed by atoms with Gasteiger partial charge in [-0.15, -0.1) is 0 Å². The molecule has 122 valence electrons. The minimum atomic E-state index is -4.41. The number of benzene rings is 2. The fourth-order valence-corrected chi connectivity index (χ4v) is 2.48. The first-order chi connectivity index (χ1) is 10.8. The zero-order chi connectivity index (χ0) is 17.0. The molecular formula is C18H17F3O2. The van der Waals surface area contributed by atoms with Crippen molar-refractivity contribution in [2.45, 2.75) is 25.4 Å². The van der Waals surface area contributed by atoms with E-state index in [2.05, 4.69) is 0 Å². The molecule has 2 aromatic carbocycles. The monoisotopic (exact) mass is 322 g/mol. The van der Waals surface area contributed by atoms with E-state index >= 15 is 0 Å². The zero-order valence-electron chi connectivity index (χ0n) is 12.9. The van der Waals surface area contributed by atoms with Crippen LogP contribution < -0.4 is 4.74 Å². The number of halogens is 3. The number of methoxy groups -OCH3 is 1. The normalized spacial score (nSPS) is 12.7. The van der Waals surface area contributed by atoms with Gasteiger partial charge in [-0.1, -0.05) is 30.3 Å². The van der Waals surface area contributed by atoms with Crippen LogP contribution in [0.3, 0.4) is 0 Å². The molecule has 0 aliphatic heterocycles. The number of carbonyl (C=O) groups excluding carboxylic acids is 1. The number of rotatable bonds is 5. The number of carbonyl (C=O) groups is 1. The lowest BCUT2D eigenvalue weighted by Gasteiger charge is -2.18. The summed E-state index contributed by atoms with van der Waals surface area (Å²) in [5, 5.41) is 0. The van der Waals surface area contributed by atoms with E-state index in [0.717, 1.165) is 17.7 Å². The van der Waals surface area contributed by atoms with Gasteiger partial charge in [0, 0.05) is 12.3 Å².